The fourth-order valence-corrected chi connectivity index (χ4v) is 4.52. The van der Waals surface area contributed by atoms with Gasteiger partial charge in [0.25, 0.3) is 5.91 Å². The van der Waals surface area contributed by atoms with Crippen LogP contribution in [-0.4, -0.2) is 34.7 Å². The van der Waals surface area contributed by atoms with E-state index in [4.69, 9.17) is 11.6 Å². The minimum atomic E-state index is -0.686. The summed E-state index contributed by atoms with van der Waals surface area (Å²) in [6, 6.07) is 4.06. The number of aryl methyl sites for hydroxylation is 1. The molecule has 2 aliphatic heterocycles. The topological polar surface area (TPSA) is 108 Å². The summed E-state index contributed by atoms with van der Waals surface area (Å²) in [5, 5.41) is 10.5. The molecule has 1 aromatic heterocycles. The molecule has 3 heterocycles. The first kappa shape index (κ1) is 19.4. The fourth-order valence-electron chi connectivity index (χ4n) is 3.39. The van der Waals surface area contributed by atoms with Gasteiger partial charge in [-0.2, -0.15) is 0 Å². The number of fused-ring (bicyclic) bond motifs is 1. The summed E-state index contributed by atoms with van der Waals surface area (Å²) in [6.45, 7) is 2.07. The Balaban J connectivity index is 1.46. The molecule has 0 saturated carbocycles. The van der Waals surface area contributed by atoms with Gasteiger partial charge in [-0.25, -0.2) is 4.79 Å². The van der Waals surface area contributed by atoms with Gasteiger partial charge in [0.15, 0.2) is 0 Å². The number of piperidine rings is 1. The molecule has 29 heavy (non-hydrogen) atoms. The number of thiophene rings is 1. The molecule has 0 bridgehead atoms. The standard InChI is InChI=1S/C19H17ClN4O4S/c1-9-2-3-10(6-13(9)20)21-19(28)23-17-11-7-24(18(27)12(11)8-29-17)14-4-5-15(25)22-16(14)26/h2-3,6,8,14H,4-5,7H2,1H3,(H2,21,23,28)(H,22,25,26). The molecule has 8 nitrogen and oxygen atoms in total. The smallest absolute Gasteiger partial charge is 0.322 e. The zero-order chi connectivity index (χ0) is 20.7. The maximum Gasteiger partial charge on any atom is 0.324 e. The van der Waals surface area contributed by atoms with Crippen LogP contribution in [0.25, 0.3) is 0 Å². The van der Waals surface area contributed by atoms with Crippen molar-refractivity contribution in [1.29, 1.82) is 0 Å². The van der Waals surface area contributed by atoms with Crippen LogP contribution in [0.3, 0.4) is 0 Å². The van der Waals surface area contributed by atoms with E-state index in [2.05, 4.69) is 16.0 Å². The number of anilines is 2. The van der Waals surface area contributed by atoms with Gasteiger partial charge in [-0.3, -0.25) is 25.0 Å². The Labute approximate surface area is 175 Å². The van der Waals surface area contributed by atoms with Gasteiger partial charge in [0.05, 0.1) is 12.1 Å². The fraction of sp³-hybridized carbons (Fsp3) is 0.263. The number of imide groups is 1. The molecule has 0 radical (unpaired) electrons. The summed E-state index contributed by atoms with van der Waals surface area (Å²) < 4.78 is 0. The molecular formula is C19H17ClN4O4S. The van der Waals surface area contributed by atoms with E-state index < -0.39 is 18.0 Å². The molecule has 1 saturated heterocycles. The summed E-state index contributed by atoms with van der Waals surface area (Å²) in [7, 11) is 0. The molecule has 10 heteroatoms. The molecule has 1 unspecified atom stereocenters. The van der Waals surface area contributed by atoms with E-state index in [9.17, 15) is 19.2 Å². The van der Waals surface area contributed by atoms with E-state index in [-0.39, 0.29) is 24.8 Å². The summed E-state index contributed by atoms with van der Waals surface area (Å²) in [5.41, 5.74) is 2.59. The highest BCUT2D eigenvalue weighted by Gasteiger charge is 2.40. The van der Waals surface area contributed by atoms with E-state index in [0.717, 1.165) is 5.56 Å². The van der Waals surface area contributed by atoms with Crippen molar-refractivity contribution >= 4 is 57.4 Å². The van der Waals surface area contributed by atoms with Gasteiger partial charge in [-0.1, -0.05) is 17.7 Å². The summed E-state index contributed by atoms with van der Waals surface area (Å²) in [5.74, 6) is -1.07. The van der Waals surface area contributed by atoms with Crippen LogP contribution < -0.4 is 16.0 Å². The number of amides is 5. The highest BCUT2D eigenvalue weighted by molar-refractivity contribution is 7.15. The van der Waals surface area contributed by atoms with Gasteiger partial charge in [0.2, 0.25) is 11.8 Å². The Hall–Kier alpha value is -2.91. The third kappa shape index (κ3) is 3.70. The van der Waals surface area contributed by atoms with Gasteiger partial charge >= 0.3 is 6.03 Å². The molecule has 2 aromatic rings. The Morgan fingerprint density at radius 1 is 1.28 bits per heavy atom. The van der Waals surface area contributed by atoms with Gasteiger partial charge in [-0.05, 0) is 31.0 Å². The van der Waals surface area contributed by atoms with Gasteiger partial charge in [0.1, 0.15) is 11.0 Å². The first-order chi connectivity index (χ1) is 13.8. The predicted molar refractivity (Wildman–Crippen MR) is 109 cm³/mol. The predicted octanol–water partition coefficient (Wildman–Crippen LogP) is 3.11. The second kappa shape index (κ2) is 7.49. The number of rotatable bonds is 3. The van der Waals surface area contributed by atoms with E-state index >= 15 is 0 Å². The maximum absolute atomic E-state index is 12.7. The van der Waals surface area contributed by atoms with Crippen LogP contribution in [0.2, 0.25) is 5.02 Å². The minimum Gasteiger partial charge on any atom is -0.322 e. The van der Waals surface area contributed by atoms with Crippen molar-refractivity contribution < 1.29 is 19.2 Å². The average molecular weight is 433 g/mol. The summed E-state index contributed by atoms with van der Waals surface area (Å²) in [6.07, 6.45) is 0.487. The van der Waals surface area contributed by atoms with Crippen LogP contribution in [-0.2, 0) is 16.1 Å². The van der Waals surface area contributed by atoms with E-state index in [1.54, 1.807) is 23.6 Å². The number of urea groups is 1. The van der Waals surface area contributed by atoms with Crippen LogP contribution in [0.4, 0.5) is 15.5 Å². The summed E-state index contributed by atoms with van der Waals surface area (Å²) >= 11 is 7.33. The van der Waals surface area contributed by atoms with Crippen molar-refractivity contribution in [3.63, 3.8) is 0 Å². The SMILES string of the molecule is Cc1ccc(NC(=O)Nc2scc3c2CN(C2CCC(=O)NC2=O)C3=O)cc1Cl. The number of hydrogen-bond acceptors (Lipinski definition) is 5. The first-order valence-electron chi connectivity index (χ1n) is 8.92. The number of carbonyl (C=O) groups excluding carboxylic acids is 4. The third-order valence-electron chi connectivity index (χ3n) is 4.96. The minimum absolute atomic E-state index is 0.194. The number of carbonyl (C=O) groups is 4. The average Bonchev–Trinajstić information content (AvgIpc) is 3.19. The second-order valence-corrected chi connectivity index (χ2v) is 8.19. The van der Waals surface area contributed by atoms with Crippen molar-refractivity contribution in [2.75, 3.05) is 10.6 Å². The van der Waals surface area contributed by atoms with Crippen molar-refractivity contribution in [2.24, 2.45) is 0 Å². The number of hydrogen-bond donors (Lipinski definition) is 3. The molecular weight excluding hydrogens is 416 g/mol. The van der Waals surface area contributed by atoms with Gasteiger partial charge in [-0.15, -0.1) is 11.3 Å². The molecule has 2 aliphatic rings. The highest BCUT2D eigenvalue weighted by Crippen LogP contribution is 2.37. The van der Waals surface area contributed by atoms with Crippen molar-refractivity contribution in [1.82, 2.24) is 10.2 Å². The van der Waals surface area contributed by atoms with Crippen molar-refractivity contribution in [3.05, 3.63) is 45.3 Å². The first-order valence-corrected chi connectivity index (χ1v) is 10.2. The lowest BCUT2D eigenvalue weighted by Crippen LogP contribution is -2.52. The second-order valence-electron chi connectivity index (χ2n) is 6.90. The van der Waals surface area contributed by atoms with Crippen LogP contribution in [0.5, 0.6) is 0 Å². The molecule has 0 aliphatic carbocycles. The Kier molecular flexibility index (Phi) is 5.01. The quantitative estimate of drug-likeness (QED) is 0.647. The van der Waals surface area contributed by atoms with Crippen LogP contribution >= 0.6 is 22.9 Å². The molecule has 1 atom stereocenters. The van der Waals surface area contributed by atoms with Crippen molar-refractivity contribution in [3.8, 4) is 0 Å². The molecule has 0 spiro atoms. The van der Waals surface area contributed by atoms with Crippen molar-refractivity contribution in [2.45, 2.75) is 32.4 Å². The number of benzene rings is 1. The Morgan fingerprint density at radius 3 is 2.79 bits per heavy atom. The molecule has 3 N–H and O–H groups in total. The van der Waals surface area contributed by atoms with Gasteiger partial charge < -0.3 is 10.2 Å². The molecule has 1 fully saturated rings. The summed E-state index contributed by atoms with van der Waals surface area (Å²) in [4.78, 5) is 50.0. The zero-order valence-electron chi connectivity index (χ0n) is 15.4. The van der Waals surface area contributed by atoms with Gasteiger partial charge in [0, 0.05) is 28.1 Å². The monoisotopic (exact) mass is 432 g/mol. The normalized spacial score (nSPS) is 18.5. The van der Waals surface area contributed by atoms with E-state index in [0.29, 0.717) is 33.3 Å². The van der Waals surface area contributed by atoms with Crippen LogP contribution in [0.15, 0.2) is 23.6 Å². The third-order valence-corrected chi connectivity index (χ3v) is 6.30. The number of nitrogens with zero attached hydrogens (tertiary/aromatic N) is 1. The van der Waals surface area contributed by atoms with Crippen LogP contribution in [0, 0.1) is 6.92 Å². The van der Waals surface area contributed by atoms with E-state index in [1.807, 2.05) is 6.92 Å². The lowest BCUT2D eigenvalue weighted by atomic mass is 10.0. The Morgan fingerprint density at radius 2 is 2.07 bits per heavy atom. The highest BCUT2D eigenvalue weighted by atomic mass is 35.5. The maximum atomic E-state index is 12.7. The Bertz CT molecular complexity index is 1050. The number of halogens is 1. The van der Waals surface area contributed by atoms with Crippen LogP contribution in [0.1, 0.15) is 34.3 Å². The number of nitrogens with one attached hydrogen (secondary N) is 3. The molecule has 4 rings (SSSR count). The molecule has 150 valence electrons. The molecule has 5 amide bonds. The largest absolute Gasteiger partial charge is 0.324 e. The molecule has 1 aromatic carbocycles. The zero-order valence-corrected chi connectivity index (χ0v) is 16.9. The lowest BCUT2D eigenvalue weighted by Gasteiger charge is -2.29. The van der Waals surface area contributed by atoms with E-state index in [1.165, 1.54) is 16.2 Å². The lowest BCUT2D eigenvalue weighted by molar-refractivity contribution is -0.136.